The Morgan fingerprint density at radius 2 is 1.85 bits per heavy atom. The SMILES string of the molecule is CC(C(=O)NC1(C(F)(F)F)CC1)C(N)c1ccccc1. The van der Waals surface area contributed by atoms with E-state index in [1.807, 2.05) is 6.07 Å². The van der Waals surface area contributed by atoms with Crippen LogP contribution in [-0.2, 0) is 4.79 Å². The highest BCUT2D eigenvalue weighted by molar-refractivity contribution is 5.80. The molecule has 1 aromatic rings. The highest BCUT2D eigenvalue weighted by atomic mass is 19.4. The third kappa shape index (κ3) is 2.80. The molecule has 20 heavy (non-hydrogen) atoms. The number of carbonyl (C=O) groups excluding carboxylic acids is 1. The normalized spacial score (nSPS) is 20.1. The minimum atomic E-state index is -4.40. The number of rotatable bonds is 4. The van der Waals surface area contributed by atoms with E-state index in [1.165, 1.54) is 0 Å². The zero-order chi connectivity index (χ0) is 15.0. The summed E-state index contributed by atoms with van der Waals surface area (Å²) in [4.78, 5) is 12.0. The number of nitrogens with two attached hydrogens (primary N) is 1. The van der Waals surface area contributed by atoms with Gasteiger partial charge in [0.05, 0.1) is 5.92 Å². The van der Waals surface area contributed by atoms with Crippen LogP contribution in [-0.4, -0.2) is 17.6 Å². The van der Waals surface area contributed by atoms with E-state index >= 15 is 0 Å². The molecule has 0 spiro atoms. The Kier molecular flexibility index (Phi) is 3.77. The lowest BCUT2D eigenvalue weighted by Crippen LogP contribution is -2.50. The van der Waals surface area contributed by atoms with Gasteiger partial charge in [0, 0.05) is 6.04 Å². The number of halogens is 3. The summed E-state index contributed by atoms with van der Waals surface area (Å²) in [5, 5.41) is 2.11. The van der Waals surface area contributed by atoms with E-state index in [0.717, 1.165) is 5.56 Å². The Bertz CT molecular complexity index is 483. The topological polar surface area (TPSA) is 55.1 Å². The summed E-state index contributed by atoms with van der Waals surface area (Å²) in [7, 11) is 0. The summed E-state index contributed by atoms with van der Waals surface area (Å²) in [5.74, 6) is -1.38. The molecule has 1 amide bonds. The van der Waals surface area contributed by atoms with Gasteiger partial charge in [-0.2, -0.15) is 13.2 Å². The van der Waals surface area contributed by atoms with Gasteiger partial charge in [0.25, 0.3) is 0 Å². The molecule has 0 aromatic heterocycles. The van der Waals surface area contributed by atoms with E-state index in [-0.39, 0.29) is 12.8 Å². The quantitative estimate of drug-likeness (QED) is 0.893. The molecule has 6 heteroatoms. The number of hydrogen-bond acceptors (Lipinski definition) is 2. The first kappa shape index (κ1) is 14.8. The van der Waals surface area contributed by atoms with E-state index in [0.29, 0.717) is 0 Å². The fourth-order valence-electron chi connectivity index (χ4n) is 2.08. The Morgan fingerprint density at radius 3 is 2.30 bits per heavy atom. The minimum Gasteiger partial charge on any atom is -0.342 e. The molecule has 3 N–H and O–H groups in total. The van der Waals surface area contributed by atoms with Crippen LogP contribution in [0.1, 0.15) is 31.4 Å². The molecule has 0 bridgehead atoms. The lowest BCUT2D eigenvalue weighted by molar-refractivity contribution is -0.171. The second kappa shape index (κ2) is 5.09. The van der Waals surface area contributed by atoms with E-state index in [2.05, 4.69) is 5.32 Å². The molecule has 0 radical (unpaired) electrons. The van der Waals surface area contributed by atoms with E-state index in [1.54, 1.807) is 31.2 Å². The molecule has 2 unspecified atom stereocenters. The molecular weight excluding hydrogens is 269 g/mol. The van der Waals surface area contributed by atoms with Crippen molar-refractivity contribution in [1.29, 1.82) is 0 Å². The van der Waals surface area contributed by atoms with Crippen LogP contribution in [0.25, 0.3) is 0 Å². The molecule has 2 atom stereocenters. The van der Waals surface area contributed by atoms with Gasteiger partial charge >= 0.3 is 6.18 Å². The van der Waals surface area contributed by atoms with Gasteiger partial charge in [-0.15, -0.1) is 0 Å². The summed E-state index contributed by atoms with van der Waals surface area (Å²) in [6, 6.07) is 8.25. The lowest BCUT2D eigenvalue weighted by Gasteiger charge is -2.25. The van der Waals surface area contributed by atoms with Gasteiger partial charge in [0.15, 0.2) is 0 Å². The van der Waals surface area contributed by atoms with Crippen LogP contribution in [0.2, 0.25) is 0 Å². The Labute approximate surface area is 115 Å². The summed E-state index contributed by atoms with van der Waals surface area (Å²) in [6.07, 6.45) is -4.52. The van der Waals surface area contributed by atoms with Gasteiger partial charge in [-0.3, -0.25) is 4.79 Å². The number of amides is 1. The third-order valence-electron chi connectivity index (χ3n) is 3.79. The molecule has 2 rings (SSSR count). The van der Waals surface area contributed by atoms with Gasteiger partial charge < -0.3 is 11.1 Å². The van der Waals surface area contributed by atoms with Crippen LogP contribution >= 0.6 is 0 Å². The zero-order valence-electron chi connectivity index (χ0n) is 11.1. The molecule has 110 valence electrons. The molecule has 0 saturated heterocycles. The molecule has 0 aliphatic heterocycles. The number of benzene rings is 1. The standard InChI is InChI=1S/C14H17F3N2O/c1-9(11(18)10-5-3-2-4-6-10)12(20)19-13(7-8-13)14(15,16)17/h2-6,9,11H,7-8,18H2,1H3,(H,19,20). The second-order valence-electron chi connectivity index (χ2n) is 5.29. The van der Waals surface area contributed by atoms with Crippen LogP contribution in [0.4, 0.5) is 13.2 Å². The Morgan fingerprint density at radius 1 is 1.30 bits per heavy atom. The van der Waals surface area contributed by atoms with Crippen molar-refractivity contribution in [1.82, 2.24) is 5.32 Å². The fraction of sp³-hybridized carbons (Fsp3) is 0.500. The van der Waals surface area contributed by atoms with Crippen LogP contribution in [0.15, 0.2) is 30.3 Å². The summed E-state index contributed by atoms with van der Waals surface area (Å²) in [6.45, 7) is 1.54. The first-order valence-corrected chi connectivity index (χ1v) is 6.46. The first-order chi connectivity index (χ1) is 9.27. The van der Waals surface area contributed by atoms with Crippen molar-refractivity contribution in [3.05, 3.63) is 35.9 Å². The van der Waals surface area contributed by atoms with Crippen molar-refractivity contribution in [2.75, 3.05) is 0 Å². The van der Waals surface area contributed by atoms with Crippen LogP contribution in [0.5, 0.6) is 0 Å². The molecule has 1 fully saturated rings. The first-order valence-electron chi connectivity index (χ1n) is 6.46. The predicted molar refractivity (Wildman–Crippen MR) is 68.7 cm³/mol. The molecule has 1 aliphatic carbocycles. The Hall–Kier alpha value is -1.56. The van der Waals surface area contributed by atoms with E-state index in [9.17, 15) is 18.0 Å². The average Bonchev–Trinajstić information content (AvgIpc) is 3.18. The third-order valence-corrected chi connectivity index (χ3v) is 3.79. The highest BCUT2D eigenvalue weighted by Gasteiger charge is 2.64. The average molecular weight is 286 g/mol. The van der Waals surface area contributed by atoms with E-state index < -0.39 is 29.6 Å². The van der Waals surface area contributed by atoms with Crippen molar-refractivity contribution in [2.24, 2.45) is 11.7 Å². The van der Waals surface area contributed by atoms with E-state index in [4.69, 9.17) is 5.73 Å². The number of hydrogen-bond donors (Lipinski definition) is 2. The van der Waals surface area contributed by atoms with Crippen molar-refractivity contribution in [3.8, 4) is 0 Å². The van der Waals surface area contributed by atoms with Crippen molar-refractivity contribution < 1.29 is 18.0 Å². The maximum atomic E-state index is 12.8. The summed E-state index contributed by atoms with van der Waals surface area (Å²) >= 11 is 0. The van der Waals surface area contributed by atoms with Gasteiger partial charge in [0.1, 0.15) is 5.54 Å². The maximum absolute atomic E-state index is 12.8. The lowest BCUT2D eigenvalue weighted by atomic mass is 9.94. The van der Waals surface area contributed by atoms with Crippen molar-refractivity contribution in [2.45, 2.75) is 37.5 Å². The predicted octanol–water partition coefficient (Wildman–Crippen LogP) is 2.53. The zero-order valence-corrected chi connectivity index (χ0v) is 11.1. The van der Waals surface area contributed by atoms with Gasteiger partial charge in [-0.1, -0.05) is 37.3 Å². The second-order valence-corrected chi connectivity index (χ2v) is 5.29. The monoisotopic (exact) mass is 286 g/mol. The minimum absolute atomic E-state index is 0.0600. The van der Waals surface area contributed by atoms with Gasteiger partial charge in [0.2, 0.25) is 5.91 Å². The number of carbonyl (C=O) groups is 1. The number of nitrogens with one attached hydrogen (secondary N) is 1. The fourth-order valence-corrected chi connectivity index (χ4v) is 2.08. The van der Waals surface area contributed by atoms with Crippen molar-refractivity contribution >= 4 is 5.91 Å². The summed E-state index contributed by atoms with van der Waals surface area (Å²) < 4.78 is 38.4. The molecule has 1 aromatic carbocycles. The van der Waals surface area contributed by atoms with Gasteiger partial charge in [-0.25, -0.2) is 0 Å². The molecule has 1 saturated carbocycles. The van der Waals surface area contributed by atoms with Crippen LogP contribution < -0.4 is 11.1 Å². The summed E-state index contributed by atoms with van der Waals surface area (Å²) in [5.41, 5.74) is 4.64. The van der Waals surface area contributed by atoms with Crippen LogP contribution in [0.3, 0.4) is 0 Å². The van der Waals surface area contributed by atoms with Crippen LogP contribution in [0, 0.1) is 5.92 Å². The van der Waals surface area contributed by atoms with Gasteiger partial charge in [-0.05, 0) is 18.4 Å². The Balaban J connectivity index is 2.03. The molecule has 1 aliphatic rings. The van der Waals surface area contributed by atoms with Crippen molar-refractivity contribution in [3.63, 3.8) is 0 Å². The molecule has 3 nitrogen and oxygen atoms in total. The largest absolute Gasteiger partial charge is 0.411 e. The smallest absolute Gasteiger partial charge is 0.342 e. The number of alkyl halides is 3. The highest BCUT2D eigenvalue weighted by Crippen LogP contribution is 2.49. The molecule has 0 heterocycles. The maximum Gasteiger partial charge on any atom is 0.411 e. The molecular formula is C14H17F3N2O.